The molecule has 1 saturated carbocycles. The van der Waals surface area contributed by atoms with Gasteiger partial charge in [-0.25, -0.2) is 0 Å². The van der Waals surface area contributed by atoms with E-state index in [0.29, 0.717) is 5.92 Å². The first kappa shape index (κ1) is 12.6. The van der Waals surface area contributed by atoms with E-state index in [4.69, 9.17) is 0 Å². The van der Waals surface area contributed by atoms with Crippen molar-refractivity contribution in [1.82, 2.24) is 0 Å². The van der Waals surface area contributed by atoms with E-state index in [1.165, 1.54) is 11.1 Å². The van der Waals surface area contributed by atoms with E-state index in [0.717, 1.165) is 6.42 Å². The van der Waals surface area contributed by atoms with Gasteiger partial charge in [-0.1, -0.05) is 57.5 Å². The van der Waals surface area contributed by atoms with E-state index < -0.39 is 0 Å². The summed E-state index contributed by atoms with van der Waals surface area (Å²) in [5.41, 5.74) is 3.03. The van der Waals surface area contributed by atoms with Crippen molar-refractivity contribution in [2.75, 3.05) is 0 Å². The summed E-state index contributed by atoms with van der Waals surface area (Å²) in [4.78, 5) is 0. The Morgan fingerprint density at radius 1 is 1.06 bits per heavy atom. The van der Waals surface area contributed by atoms with E-state index in [9.17, 15) is 5.11 Å². The Morgan fingerprint density at radius 2 is 1.53 bits per heavy atom. The van der Waals surface area contributed by atoms with Crippen molar-refractivity contribution in [3.05, 3.63) is 35.4 Å². The minimum Gasteiger partial charge on any atom is -0.392 e. The molecule has 0 saturated heterocycles. The van der Waals surface area contributed by atoms with Crippen molar-refractivity contribution in [2.24, 2.45) is 16.7 Å². The molecule has 1 unspecified atom stereocenters. The van der Waals surface area contributed by atoms with Crippen LogP contribution in [0.4, 0.5) is 0 Å². The highest BCUT2D eigenvalue weighted by Gasteiger charge is 2.66. The molecule has 1 aliphatic rings. The molecule has 1 aromatic rings. The molecule has 1 fully saturated rings. The molecule has 0 heterocycles. The van der Waals surface area contributed by atoms with E-state index in [-0.39, 0.29) is 16.9 Å². The molecule has 94 valence electrons. The van der Waals surface area contributed by atoms with Crippen LogP contribution in [0.25, 0.3) is 0 Å². The first-order chi connectivity index (χ1) is 7.76. The van der Waals surface area contributed by atoms with Gasteiger partial charge in [0.25, 0.3) is 0 Å². The number of aryl methyl sites for hydroxylation is 1. The fraction of sp³-hybridized carbons (Fsp3) is 0.625. The van der Waals surface area contributed by atoms with Gasteiger partial charge in [0.1, 0.15) is 0 Å². The Balaban J connectivity index is 2.04. The topological polar surface area (TPSA) is 20.2 Å². The molecule has 0 aliphatic heterocycles. The lowest BCUT2D eigenvalue weighted by Crippen LogP contribution is -2.17. The third kappa shape index (κ3) is 2.01. The van der Waals surface area contributed by atoms with Crippen LogP contribution < -0.4 is 0 Å². The van der Waals surface area contributed by atoms with Crippen LogP contribution in [0.15, 0.2) is 24.3 Å². The summed E-state index contributed by atoms with van der Waals surface area (Å²) >= 11 is 0. The summed E-state index contributed by atoms with van der Waals surface area (Å²) < 4.78 is 0. The molecule has 0 radical (unpaired) electrons. The highest BCUT2D eigenvalue weighted by atomic mass is 16.3. The standard InChI is InChI=1S/C16H24O/c1-11-6-8-12(9-7-11)10-13(17)14-15(2,3)16(14,4)5/h6-9,13-14,17H,10H2,1-5H3. The van der Waals surface area contributed by atoms with Gasteiger partial charge in [-0.05, 0) is 35.7 Å². The molecule has 1 heteroatoms. The third-order valence-electron chi connectivity index (χ3n) is 5.08. The normalized spacial score (nSPS) is 23.4. The summed E-state index contributed by atoms with van der Waals surface area (Å²) in [6.07, 6.45) is 0.556. The average molecular weight is 232 g/mol. The number of benzene rings is 1. The molecular weight excluding hydrogens is 208 g/mol. The summed E-state index contributed by atoms with van der Waals surface area (Å²) in [6.45, 7) is 11.1. The lowest BCUT2D eigenvalue weighted by molar-refractivity contribution is 0.129. The Bertz CT molecular complexity index is 386. The van der Waals surface area contributed by atoms with Crippen LogP contribution in [0.3, 0.4) is 0 Å². The second-order valence-corrected chi connectivity index (χ2v) is 6.68. The molecule has 1 aliphatic carbocycles. The molecule has 1 atom stereocenters. The lowest BCUT2D eigenvalue weighted by Gasteiger charge is -2.13. The maximum atomic E-state index is 10.4. The van der Waals surface area contributed by atoms with Crippen molar-refractivity contribution >= 4 is 0 Å². The minimum atomic E-state index is -0.220. The van der Waals surface area contributed by atoms with Crippen molar-refractivity contribution in [2.45, 2.75) is 47.1 Å². The van der Waals surface area contributed by atoms with Gasteiger partial charge in [-0.15, -0.1) is 0 Å². The van der Waals surface area contributed by atoms with Crippen LogP contribution in [-0.4, -0.2) is 11.2 Å². The first-order valence-electron chi connectivity index (χ1n) is 6.50. The first-order valence-corrected chi connectivity index (χ1v) is 6.50. The second kappa shape index (κ2) is 3.84. The van der Waals surface area contributed by atoms with E-state index >= 15 is 0 Å². The fourth-order valence-corrected chi connectivity index (χ4v) is 3.29. The predicted octanol–water partition coefficient (Wildman–Crippen LogP) is 3.58. The van der Waals surface area contributed by atoms with E-state index in [2.05, 4.69) is 58.9 Å². The van der Waals surface area contributed by atoms with Crippen LogP contribution in [0.1, 0.15) is 38.8 Å². The zero-order valence-corrected chi connectivity index (χ0v) is 11.6. The van der Waals surface area contributed by atoms with Gasteiger partial charge in [0.15, 0.2) is 0 Å². The van der Waals surface area contributed by atoms with Gasteiger partial charge in [0.05, 0.1) is 6.10 Å². The highest BCUT2D eigenvalue weighted by Crippen LogP contribution is 2.69. The van der Waals surface area contributed by atoms with Gasteiger partial charge in [-0.2, -0.15) is 0 Å². The smallest absolute Gasteiger partial charge is 0.0619 e. The molecule has 0 spiro atoms. The zero-order chi connectivity index (χ0) is 12.8. The van der Waals surface area contributed by atoms with Gasteiger partial charge in [0, 0.05) is 0 Å². The lowest BCUT2D eigenvalue weighted by atomic mass is 9.99. The van der Waals surface area contributed by atoms with Gasteiger partial charge >= 0.3 is 0 Å². The number of aliphatic hydroxyl groups excluding tert-OH is 1. The Morgan fingerprint density at radius 3 is 1.94 bits per heavy atom. The van der Waals surface area contributed by atoms with Crippen LogP contribution in [0.2, 0.25) is 0 Å². The Kier molecular flexibility index (Phi) is 2.86. The Labute approximate surface area is 105 Å². The number of hydrogen-bond donors (Lipinski definition) is 1. The van der Waals surface area contributed by atoms with Crippen molar-refractivity contribution in [3.63, 3.8) is 0 Å². The van der Waals surface area contributed by atoms with Gasteiger partial charge < -0.3 is 5.11 Å². The molecule has 2 rings (SSSR count). The van der Waals surface area contributed by atoms with Crippen LogP contribution in [-0.2, 0) is 6.42 Å². The number of aliphatic hydroxyl groups is 1. The van der Waals surface area contributed by atoms with Crippen LogP contribution >= 0.6 is 0 Å². The van der Waals surface area contributed by atoms with Crippen LogP contribution in [0, 0.1) is 23.7 Å². The van der Waals surface area contributed by atoms with E-state index in [1.807, 2.05) is 0 Å². The van der Waals surface area contributed by atoms with Crippen LogP contribution in [0.5, 0.6) is 0 Å². The molecule has 0 aromatic heterocycles. The average Bonchev–Trinajstić information content (AvgIpc) is 2.61. The highest BCUT2D eigenvalue weighted by molar-refractivity contribution is 5.24. The third-order valence-corrected chi connectivity index (χ3v) is 5.08. The monoisotopic (exact) mass is 232 g/mol. The quantitative estimate of drug-likeness (QED) is 0.844. The van der Waals surface area contributed by atoms with Gasteiger partial charge in [0.2, 0.25) is 0 Å². The maximum absolute atomic E-state index is 10.4. The Hall–Kier alpha value is -0.820. The van der Waals surface area contributed by atoms with E-state index in [1.54, 1.807) is 0 Å². The molecule has 1 N–H and O–H groups in total. The molecule has 0 amide bonds. The summed E-state index contributed by atoms with van der Waals surface area (Å²) in [6, 6.07) is 8.48. The van der Waals surface area contributed by atoms with Crippen molar-refractivity contribution in [1.29, 1.82) is 0 Å². The number of hydrogen-bond acceptors (Lipinski definition) is 1. The van der Waals surface area contributed by atoms with Gasteiger partial charge in [-0.3, -0.25) is 0 Å². The molecule has 0 bridgehead atoms. The molecular formula is C16H24O. The van der Waals surface area contributed by atoms with Crippen molar-refractivity contribution < 1.29 is 5.11 Å². The largest absolute Gasteiger partial charge is 0.392 e. The SMILES string of the molecule is Cc1ccc(CC(O)C2C(C)(C)C2(C)C)cc1. The zero-order valence-electron chi connectivity index (χ0n) is 11.6. The minimum absolute atomic E-state index is 0.220. The number of rotatable bonds is 3. The molecule has 17 heavy (non-hydrogen) atoms. The molecule has 1 nitrogen and oxygen atoms in total. The summed E-state index contributed by atoms with van der Waals surface area (Å²) in [5, 5.41) is 10.4. The summed E-state index contributed by atoms with van der Waals surface area (Å²) in [7, 11) is 0. The molecule has 1 aromatic carbocycles. The fourth-order valence-electron chi connectivity index (χ4n) is 3.29. The predicted molar refractivity (Wildman–Crippen MR) is 71.9 cm³/mol. The second-order valence-electron chi connectivity index (χ2n) is 6.68. The van der Waals surface area contributed by atoms with Crippen molar-refractivity contribution in [3.8, 4) is 0 Å². The maximum Gasteiger partial charge on any atom is 0.0619 e. The summed E-state index contributed by atoms with van der Waals surface area (Å²) in [5.74, 6) is 0.413.